The lowest BCUT2D eigenvalue weighted by atomic mass is 10.2. The lowest BCUT2D eigenvalue weighted by Crippen LogP contribution is -2.35. The fourth-order valence-corrected chi connectivity index (χ4v) is 2.09. The van der Waals surface area contributed by atoms with E-state index in [1.807, 2.05) is 0 Å². The molecule has 0 saturated carbocycles. The molecule has 1 fully saturated rings. The van der Waals surface area contributed by atoms with Crippen molar-refractivity contribution < 1.29 is 42.2 Å². The molecule has 2 amide bonds. The Labute approximate surface area is 168 Å². The maximum absolute atomic E-state index is 11.8. The molecule has 1 aromatic rings. The lowest BCUT2D eigenvalue weighted by molar-refractivity contribution is -0.192. The number of cyclic esters (lactones) is 1. The number of hydrogen-bond donors (Lipinski definition) is 5. The van der Waals surface area contributed by atoms with Gasteiger partial charge in [0.05, 0.1) is 12.5 Å². The maximum atomic E-state index is 11.8. The van der Waals surface area contributed by atoms with Gasteiger partial charge in [-0.05, 0) is 24.3 Å². The molecule has 0 aliphatic carbocycles. The van der Waals surface area contributed by atoms with E-state index in [0.29, 0.717) is 11.3 Å². The molecule has 1 aliphatic rings. The summed E-state index contributed by atoms with van der Waals surface area (Å²) >= 11 is 0. The van der Waals surface area contributed by atoms with Gasteiger partial charge in [0.15, 0.2) is 0 Å². The summed E-state index contributed by atoms with van der Waals surface area (Å²) in [4.78, 5) is 43.3. The predicted octanol–water partition coefficient (Wildman–Crippen LogP) is 0.754. The summed E-state index contributed by atoms with van der Waals surface area (Å²) in [7, 11) is 0. The zero-order valence-corrected chi connectivity index (χ0v) is 15.4. The van der Waals surface area contributed by atoms with Crippen LogP contribution in [0.3, 0.4) is 0 Å². The fourth-order valence-electron chi connectivity index (χ4n) is 2.09. The molecule has 10 nitrogen and oxygen atoms in total. The summed E-state index contributed by atoms with van der Waals surface area (Å²) in [6.45, 7) is 0.180. The molecule has 6 N–H and O–H groups in total. The van der Waals surface area contributed by atoms with Crippen molar-refractivity contribution in [2.45, 2.75) is 31.5 Å². The van der Waals surface area contributed by atoms with Crippen LogP contribution in [0.2, 0.25) is 0 Å². The first-order valence-electron chi connectivity index (χ1n) is 8.38. The van der Waals surface area contributed by atoms with Gasteiger partial charge in [0.1, 0.15) is 12.4 Å². The van der Waals surface area contributed by atoms with Crippen molar-refractivity contribution in [2.75, 3.05) is 11.9 Å². The molecular weight excluding hydrogens is 413 g/mol. The number of nitrogens with two attached hydrogens (primary N) is 1. The van der Waals surface area contributed by atoms with Crippen LogP contribution in [0.5, 0.6) is 0 Å². The van der Waals surface area contributed by atoms with Crippen LogP contribution < -0.4 is 16.4 Å². The van der Waals surface area contributed by atoms with E-state index >= 15 is 0 Å². The van der Waals surface area contributed by atoms with Gasteiger partial charge >= 0.3 is 18.1 Å². The monoisotopic (exact) mass is 432 g/mol. The minimum Gasteiger partial charge on any atom is -0.475 e. The van der Waals surface area contributed by atoms with Gasteiger partial charge < -0.3 is 26.2 Å². The Morgan fingerprint density at radius 2 is 1.70 bits per heavy atom. The van der Waals surface area contributed by atoms with E-state index in [4.69, 9.17) is 25.8 Å². The number of esters is 1. The Morgan fingerprint density at radius 3 is 2.13 bits per heavy atom. The zero-order valence-electron chi connectivity index (χ0n) is 15.4. The number of amidine groups is 1. The van der Waals surface area contributed by atoms with Crippen molar-refractivity contribution in [3.63, 3.8) is 0 Å². The highest BCUT2D eigenvalue weighted by molar-refractivity contribution is 5.96. The van der Waals surface area contributed by atoms with Crippen LogP contribution in [0, 0.1) is 5.41 Å². The number of anilines is 1. The van der Waals surface area contributed by atoms with Crippen LogP contribution in [-0.4, -0.2) is 53.5 Å². The lowest BCUT2D eigenvalue weighted by Gasteiger charge is -2.09. The van der Waals surface area contributed by atoms with Gasteiger partial charge in [0.2, 0.25) is 11.8 Å². The van der Waals surface area contributed by atoms with Crippen molar-refractivity contribution in [3.8, 4) is 0 Å². The fraction of sp³-hybridized carbons (Fsp3) is 0.353. The van der Waals surface area contributed by atoms with Crippen molar-refractivity contribution in [1.29, 1.82) is 5.41 Å². The minimum atomic E-state index is -5.08. The van der Waals surface area contributed by atoms with Gasteiger partial charge in [0.25, 0.3) is 0 Å². The van der Waals surface area contributed by atoms with Crippen molar-refractivity contribution in [2.24, 2.45) is 5.73 Å². The van der Waals surface area contributed by atoms with E-state index in [-0.39, 0.29) is 55.5 Å². The number of aliphatic carboxylic acids is 1. The average molecular weight is 432 g/mol. The maximum Gasteiger partial charge on any atom is 0.490 e. The number of nitrogen functional groups attached to an aromatic ring is 1. The Morgan fingerprint density at radius 1 is 1.17 bits per heavy atom. The molecule has 0 unspecified atom stereocenters. The molecule has 0 aromatic heterocycles. The number of rotatable bonds is 6. The average Bonchev–Trinajstić information content (AvgIpc) is 3.05. The highest BCUT2D eigenvalue weighted by Crippen LogP contribution is 2.13. The largest absolute Gasteiger partial charge is 0.490 e. The molecule has 1 heterocycles. The number of ether oxygens (including phenoxy) is 1. The molecule has 0 spiro atoms. The van der Waals surface area contributed by atoms with E-state index in [0.717, 1.165) is 0 Å². The molecule has 1 saturated heterocycles. The number of carboxylic acid groups (broad SMARTS) is 1. The number of benzene rings is 1. The summed E-state index contributed by atoms with van der Waals surface area (Å²) in [5.41, 5.74) is 6.47. The first kappa shape index (κ1) is 24.4. The van der Waals surface area contributed by atoms with Crippen LogP contribution in [0.25, 0.3) is 0 Å². The number of carboxylic acids is 1. The summed E-state index contributed by atoms with van der Waals surface area (Å²) in [6, 6.07) is 6.22. The second kappa shape index (κ2) is 10.8. The van der Waals surface area contributed by atoms with Crippen LogP contribution in [0.4, 0.5) is 18.9 Å². The smallest absolute Gasteiger partial charge is 0.475 e. The molecule has 1 atom stereocenters. The second-order valence-electron chi connectivity index (χ2n) is 5.99. The third-order valence-electron chi connectivity index (χ3n) is 3.52. The highest BCUT2D eigenvalue weighted by atomic mass is 19.4. The number of amides is 2. The van der Waals surface area contributed by atoms with Crippen molar-refractivity contribution >= 4 is 35.3 Å². The molecule has 30 heavy (non-hydrogen) atoms. The van der Waals surface area contributed by atoms with Crippen LogP contribution in [-0.2, 0) is 23.9 Å². The molecule has 1 aromatic carbocycles. The van der Waals surface area contributed by atoms with Crippen molar-refractivity contribution in [3.05, 3.63) is 29.8 Å². The number of carbonyl (C=O) groups excluding carboxylic acids is 3. The number of carbonyl (C=O) groups is 4. The first-order valence-corrected chi connectivity index (χ1v) is 8.38. The zero-order chi connectivity index (χ0) is 22.9. The molecule has 1 aliphatic heterocycles. The standard InChI is InChI=1S/C15H18N4O4.C2HF3O2/c16-15(17)9-1-3-10(4-2-9)18-12(20)5-6-13(21)19-11-7-14(22)23-8-11;3-2(4,5)1(6)7/h1-4,11H,5-8H2,(H3,16,17)(H,18,20)(H,19,21);(H,6,7)/t11-;/m0./s1. The summed E-state index contributed by atoms with van der Waals surface area (Å²) < 4.78 is 36.5. The summed E-state index contributed by atoms with van der Waals surface area (Å²) in [6.07, 6.45) is -4.86. The van der Waals surface area contributed by atoms with E-state index in [9.17, 15) is 27.6 Å². The third kappa shape index (κ3) is 9.03. The van der Waals surface area contributed by atoms with Crippen LogP contribution in [0.15, 0.2) is 24.3 Å². The van der Waals surface area contributed by atoms with E-state index in [2.05, 4.69) is 10.6 Å². The van der Waals surface area contributed by atoms with Gasteiger partial charge in [0, 0.05) is 24.1 Å². The number of halogens is 3. The third-order valence-corrected chi connectivity index (χ3v) is 3.52. The Bertz CT molecular complexity index is 811. The minimum absolute atomic E-state index is 0.0296. The number of alkyl halides is 3. The molecule has 2 rings (SSSR count). The Kier molecular flexibility index (Phi) is 8.77. The van der Waals surface area contributed by atoms with E-state index in [1.54, 1.807) is 24.3 Å². The highest BCUT2D eigenvalue weighted by Gasteiger charge is 2.38. The molecule has 0 radical (unpaired) electrons. The van der Waals surface area contributed by atoms with E-state index in [1.165, 1.54) is 0 Å². The molecule has 164 valence electrons. The van der Waals surface area contributed by atoms with Crippen LogP contribution in [0.1, 0.15) is 24.8 Å². The number of nitrogens with one attached hydrogen (secondary N) is 3. The molecule has 0 bridgehead atoms. The Balaban J connectivity index is 0.000000553. The number of hydrogen-bond acceptors (Lipinski definition) is 6. The molecule has 13 heteroatoms. The normalized spacial score (nSPS) is 15.3. The van der Waals surface area contributed by atoms with Gasteiger partial charge in [-0.25, -0.2) is 4.79 Å². The first-order chi connectivity index (χ1) is 13.9. The summed E-state index contributed by atoms with van der Waals surface area (Å²) in [5.74, 6) is -3.73. The topological polar surface area (TPSA) is 172 Å². The van der Waals surface area contributed by atoms with Crippen LogP contribution >= 0.6 is 0 Å². The second-order valence-corrected chi connectivity index (χ2v) is 5.99. The quantitative estimate of drug-likeness (QED) is 0.251. The van der Waals surface area contributed by atoms with Gasteiger partial charge in [-0.1, -0.05) is 0 Å². The predicted molar refractivity (Wildman–Crippen MR) is 96.5 cm³/mol. The van der Waals surface area contributed by atoms with Crippen molar-refractivity contribution in [1.82, 2.24) is 5.32 Å². The van der Waals surface area contributed by atoms with Gasteiger partial charge in [-0.15, -0.1) is 0 Å². The van der Waals surface area contributed by atoms with Gasteiger partial charge in [-0.2, -0.15) is 13.2 Å². The van der Waals surface area contributed by atoms with E-state index < -0.39 is 12.1 Å². The summed E-state index contributed by atoms with van der Waals surface area (Å²) in [5, 5.41) is 19.7. The SMILES string of the molecule is N=C(N)c1ccc(NC(=O)CCC(=O)N[C@@H]2COC(=O)C2)cc1.O=C(O)C(F)(F)F. The Hall–Kier alpha value is -3.64. The molecular formula is C17H19F3N4O6. The van der Waals surface area contributed by atoms with Gasteiger partial charge in [-0.3, -0.25) is 19.8 Å².